The van der Waals surface area contributed by atoms with Gasteiger partial charge in [0.15, 0.2) is 0 Å². The Labute approximate surface area is 169 Å². The molecular formula is C18H16N2O10. The number of rotatable bonds is 9. The minimum atomic E-state index is -0.888. The molecule has 0 N–H and O–H groups in total. The topological polar surface area (TPSA) is 157 Å². The maximum atomic E-state index is 11.7. The van der Waals surface area contributed by atoms with Crippen molar-refractivity contribution in [3.63, 3.8) is 0 Å². The molecule has 0 aliphatic rings. The summed E-state index contributed by atoms with van der Waals surface area (Å²) in [6.45, 7) is -0.0791. The van der Waals surface area contributed by atoms with Gasteiger partial charge in [0.05, 0.1) is 30.1 Å². The molecule has 2 aromatic carbocycles. The first kappa shape index (κ1) is 22.1. The summed E-state index contributed by atoms with van der Waals surface area (Å²) in [6.07, 6.45) is 0. The first-order chi connectivity index (χ1) is 14.3. The largest absolute Gasteiger partial charge is 0.490 e. The van der Waals surface area contributed by atoms with Crippen LogP contribution in [0.15, 0.2) is 36.4 Å². The molecule has 0 bridgehead atoms. The molecule has 0 aromatic heterocycles. The highest BCUT2D eigenvalue weighted by atomic mass is 16.6. The van der Waals surface area contributed by atoms with Crippen molar-refractivity contribution in [1.29, 1.82) is 0 Å². The van der Waals surface area contributed by atoms with Crippen LogP contribution in [-0.2, 0) is 9.47 Å². The van der Waals surface area contributed by atoms with E-state index in [1.807, 2.05) is 0 Å². The summed E-state index contributed by atoms with van der Waals surface area (Å²) in [7, 11) is 2.20. The molecule has 12 heteroatoms. The second-order valence-electron chi connectivity index (χ2n) is 5.55. The lowest BCUT2D eigenvalue weighted by Crippen LogP contribution is -2.11. The predicted octanol–water partition coefficient (Wildman–Crippen LogP) is 2.53. The smallest absolute Gasteiger partial charge is 0.345 e. The number of methoxy groups -OCH3 is 2. The highest BCUT2D eigenvalue weighted by molar-refractivity contribution is 5.94. The lowest BCUT2D eigenvalue weighted by molar-refractivity contribution is -0.385. The van der Waals surface area contributed by atoms with E-state index in [1.165, 1.54) is 24.3 Å². The number of nitrogens with zero attached hydrogens (tertiary/aromatic N) is 2. The van der Waals surface area contributed by atoms with Gasteiger partial charge >= 0.3 is 11.9 Å². The third kappa shape index (κ3) is 5.19. The van der Waals surface area contributed by atoms with Crippen LogP contribution in [0, 0.1) is 20.2 Å². The van der Waals surface area contributed by atoms with Crippen LogP contribution in [0.3, 0.4) is 0 Å². The Morgan fingerprint density at radius 2 is 1.27 bits per heavy atom. The zero-order valence-corrected chi connectivity index (χ0v) is 15.9. The maximum absolute atomic E-state index is 11.7. The van der Waals surface area contributed by atoms with Gasteiger partial charge < -0.3 is 18.9 Å². The number of nitro benzene ring substituents is 2. The Hall–Kier alpha value is -4.22. The molecule has 0 fully saturated rings. The van der Waals surface area contributed by atoms with Gasteiger partial charge in [-0.2, -0.15) is 0 Å². The molecule has 0 unspecified atom stereocenters. The quantitative estimate of drug-likeness (QED) is 0.255. The average molecular weight is 420 g/mol. The predicted molar refractivity (Wildman–Crippen MR) is 99.9 cm³/mol. The highest BCUT2D eigenvalue weighted by Gasteiger charge is 2.23. The summed E-state index contributed by atoms with van der Waals surface area (Å²) in [4.78, 5) is 43.9. The standard InChI is InChI=1S/C18H16N2O10/c1-27-17(21)13-5-3-12(10-16(13)20(25)26)30-8-7-29-11-4-6-15(19(23)24)14(9-11)18(22)28-2/h3-6,9-10H,7-8H2,1-2H3. The molecule has 0 heterocycles. The molecule has 30 heavy (non-hydrogen) atoms. The summed E-state index contributed by atoms with van der Waals surface area (Å²) >= 11 is 0. The van der Waals surface area contributed by atoms with E-state index in [0.29, 0.717) is 0 Å². The van der Waals surface area contributed by atoms with Crippen LogP contribution in [0.5, 0.6) is 11.5 Å². The van der Waals surface area contributed by atoms with Crippen LogP contribution in [-0.4, -0.2) is 49.2 Å². The molecule has 2 aromatic rings. The lowest BCUT2D eigenvalue weighted by Gasteiger charge is -2.10. The normalized spacial score (nSPS) is 10.1. The van der Waals surface area contributed by atoms with E-state index in [0.717, 1.165) is 26.4 Å². The van der Waals surface area contributed by atoms with Crippen LogP contribution in [0.25, 0.3) is 0 Å². The molecule has 2 rings (SSSR count). The number of ether oxygens (including phenoxy) is 4. The highest BCUT2D eigenvalue weighted by Crippen LogP contribution is 2.26. The Morgan fingerprint density at radius 1 is 0.767 bits per heavy atom. The Balaban J connectivity index is 2.04. The van der Waals surface area contributed by atoms with E-state index in [-0.39, 0.29) is 35.8 Å². The monoisotopic (exact) mass is 420 g/mol. The molecule has 0 spiro atoms. The molecule has 0 atom stereocenters. The number of hydrogen-bond donors (Lipinski definition) is 0. The number of carbonyl (C=O) groups is 2. The van der Waals surface area contributed by atoms with Gasteiger partial charge in [0.1, 0.15) is 35.8 Å². The molecule has 12 nitrogen and oxygen atoms in total. The number of hydrogen-bond acceptors (Lipinski definition) is 10. The summed E-state index contributed by atoms with van der Waals surface area (Å²) in [5.41, 5.74) is -1.39. The van der Waals surface area contributed by atoms with Gasteiger partial charge in [0.2, 0.25) is 0 Å². The zero-order valence-electron chi connectivity index (χ0n) is 15.9. The van der Waals surface area contributed by atoms with E-state index in [1.54, 1.807) is 0 Å². The lowest BCUT2D eigenvalue weighted by atomic mass is 10.1. The zero-order chi connectivity index (χ0) is 22.3. The number of esters is 2. The number of benzene rings is 2. The van der Waals surface area contributed by atoms with Crippen molar-refractivity contribution < 1.29 is 38.4 Å². The van der Waals surface area contributed by atoms with Gasteiger partial charge in [-0.05, 0) is 18.2 Å². The first-order valence-corrected chi connectivity index (χ1v) is 8.27. The summed E-state index contributed by atoms with van der Waals surface area (Å²) in [5.74, 6) is -1.45. The number of carbonyl (C=O) groups excluding carboxylic acids is 2. The van der Waals surface area contributed by atoms with E-state index >= 15 is 0 Å². The molecule has 0 aliphatic carbocycles. The molecule has 0 amide bonds. The minimum Gasteiger partial charge on any atom is -0.490 e. The summed E-state index contributed by atoms with van der Waals surface area (Å²) < 4.78 is 19.8. The molecule has 0 radical (unpaired) electrons. The van der Waals surface area contributed by atoms with Gasteiger partial charge in [0, 0.05) is 12.1 Å². The Bertz CT molecular complexity index is 989. The van der Waals surface area contributed by atoms with Crippen LogP contribution in [0.1, 0.15) is 20.7 Å². The number of nitro groups is 2. The Morgan fingerprint density at radius 3 is 1.80 bits per heavy atom. The van der Waals surface area contributed by atoms with Crippen molar-refractivity contribution >= 4 is 23.3 Å². The fourth-order valence-electron chi connectivity index (χ4n) is 2.39. The van der Waals surface area contributed by atoms with Crippen molar-refractivity contribution in [2.24, 2.45) is 0 Å². The van der Waals surface area contributed by atoms with Crippen LogP contribution in [0.2, 0.25) is 0 Å². The fourth-order valence-corrected chi connectivity index (χ4v) is 2.39. The van der Waals surface area contributed by atoms with Crippen molar-refractivity contribution in [2.75, 3.05) is 27.4 Å². The minimum absolute atomic E-state index is 0.0367. The van der Waals surface area contributed by atoms with Crippen molar-refractivity contribution in [2.45, 2.75) is 0 Å². The van der Waals surface area contributed by atoms with Gasteiger partial charge in [-0.1, -0.05) is 0 Å². The van der Waals surface area contributed by atoms with Gasteiger partial charge in [-0.15, -0.1) is 0 Å². The summed E-state index contributed by atoms with van der Waals surface area (Å²) in [6, 6.07) is 7.23. The second kappa shape index (κ2) is 9.82. The molecule has 0 aliphatic heterocycles. The molecular weight excluding hydrogens is 404 g/mol. The Kier molecular flexibility index (Phi) is 7.22. The van der Waals surface area contributed by atoms with E-state index < -0.39 is 33.2 Å². The SMILES string of the molecule is COC(=O)c1cc(OCCOc2ccc(C(=O)OC)c([N+](=O)[O-])c2)ccc1[N+](=O)[O-]. The first-order valence-electron chi connectivity index (χ1n) is 8.27. The molecule has 0 saturated heterocycles. The van der Waals surface area contributed by atoms with E-state index in [4.69, 9.17) is 9.47 Å². The molecule has 0 saturated carbocycles. The van der Waals surface area contributed by atoms with Gasteiger partial charge in [-0.3, -0.25) is 20.2 Å². The van der Waals surface area contributed by atoms with Gasteiger partial charge in [-0.25, -0.2) is 9.59 Å². The van der Waals surface area contributed by atoms with Crippen LogP contribution < -0.4 is 9.47 Å². The third-order valence-electron chi connectivity index (χ3n) is 3.76. The van der Waals surface area contributed by atoms with Crippen molar-refractivity contribution in [3.05, 3.63) is 67.8 Å². The van der Waals surface area contributed by atoms with Crippen LogP contribution >= 0.6 is 0 Å². The molecule has 158 valence electrons. The van der Waals surface area contributed by atoms with Crippen molar-refractivity contribution in [1.82, 2.24) is 0 Å². The van der Waals surface area contributed by atoms with Crippen LogP contribution in [0.4, 0.5) is 11.4 Å². The second-order valence-corrected chi connectivity index (χ2v) is 5.55. The fraction of sp³-hybridized carbons (Fsp3) is 0.222. The summed E-state index contributed by atoms with van der Waals surface area (Å²) in [5, 5.41) is 22.1. The van der Waals surface area contributed by atoms with Gasteiger partial charge in [0.25, 0.3) is 11.4 Å². The van der Waals surface area contributed by atoms with E-state index in [2.05, 4.69) is 9.47 Å². The van der Waals surface area contributed by atoms with E-state index in [9.17, 15) is 29.8 Å². The third-order valence-corrected chi connectivity index (χ3v) is 3.76. The maximum Gasteiger partial charge on any atom is 0.345 e. The average Bonchev–Trinajstić information content (AvgIpc) is 2.75. The van der Waals surface area contributed by atoms with Crippen molar-refractivity contribution in [3.8, 4) is 11.5 Å².